The first-order valence-electron chi connectivity index (χ1n) is 19.0. The van der Waals surface area contributed by atoms with Gasteiger partial charge >= 0.3 is 15.6 Å². The number of ether oxygens (including phenoxy) is 4. The number of rotatable bonds is 15. The number of benzene rings is 5. The fourth-order valence-corrected chi connectivity index (χ4v) is 7.96. The smallest absolute Gasteiger partial charge is 0.496 e. The van der Waals surface area contributed by atoms with Gasteiger partial charge in [0, 0.05) is 19.3 Å². The molecule has 0 radical (unpaired) electrons. The van der Waals surface area contributed by atoms with Crippen LogP contribution in [0.1, 0.15) is 90.7 Å². The maximum Gasteiger partial charge on any atom is 0.534 e. The van der Waals surface area contributed by atoms with Crippen molar-refractivity contribution < 1.29 is 44.7 Å². The minimum atomic E-state index is -5.85. The van der Waals surface area contributed by atoms with Crippen LogP contribution in [0, 0.1) is 41.5 Å². The monoisotopic (exact) mass is 818 g/mol. The molecule has 5 aromatic rings. The predicted molar refractivity (Wildman–Crippen MR) is 223 cm³/mol. The molecule has 0 heterocycles. The van der Waals surface area contributed by atoms with Crippen molar-refractivity contribution >= 4 is 10.1 Å². The molecule has 58 heavy (non-hydrogen) atoms. The Balaban J connectivity index is 1.40. The van der Waals surface area contributed by atoms with Crippen molar-refractivity contribution in [2.45, 2.75) is 85.6 Å². The minimum Gasteiger partial charge on any atom is -0.496 e. The molecule has 310 valence electrons. The molecule has 0 aliphatic heterocycles. The lowest BCUT2D eigenvalue weighted by Crippen LogP contribution is -2.28. The SMILES string of the molecule is COc1ccc(C)cc1Cc1cc(OC)c(Cc2cc(OC)c(Cc3cc(OC)c(C(C)Cc4cc(C)c(C)cc4OS(=O)(=O)C(F)(F)F)cc3C)cc2C)cc1C. The number of hydrogen-bond acceptors (Lipinski definition) is 7. The summed E-state index contributed by atoms with van der Waals surface area (Å²) in [6.45, 7) is 13.7. The molecule has 0 spiro atoms. The molecule has 7 nitrogen and oxygen atoms in total. The van der Waals surface area contributed by atoms with Gasteiger partial charge in [0.25, 0.3) is 0 Å². The molecule has 0 amide bonds. The highest BCUT2D eigenvalue weighted by atomic mass is 32.2. The van der Waals surface area contributed by atoms with Crippen molar-refractivity contribution in [3.05, 3.63) is 145 Å². The molecular formula is C47H53F3O7S. The van der Waals surface area contributed by atoms with Crippen molar-refractivity contribution in [1.82, 2.24) is 0 Å². The second-order valence-electron chi connectivity index (χ2n) is 15.2. The Morgan fingerprint density at radius 1 is 0.500 bits per heavy atom. The Morgan fingerprint density at radius 3 is 1.41 bits per heavy atom. The summed E-state index contributed by atoms with van der Waals surface area (Å²) < 4.78 is 91.8. The van der Waals surface area contributed by atoms with Crippen LogP contribution in [0.3, 0.4) is 0 Å². The van der Waals surface area contributed by atoms with Crippen LogP contribution in [0.5, 0.6) is 28.7 Å². The van der Waals surface area contributed by atoms with Crippen molar-refractivity contribution in [3.8, 4) is 28.7 Å². The van der Waals surface area contributed by atoms with Crippen molar-refractivity contribution in [2.75, 3.05) is 28.4 Å². The van der Waals surface area contributed by atoms with Crippen LogP contribution in [-0.2, 0) is 35.8 Å². The van der Waals surface area contributed by atoms with Crippen LogP contribution in [0.4, 0.5) is 13.2 Å². The number of aryl methyl sites for hydroxylation is 6. The second-order valence-corrected chi connectivity index (χ2v) is 16.7. The van der Waals surface area contributed by atoms with E-state index in [1.807, 2.05) is 45.0 Å². The molecule has 0 saturated heterocycles. The standard InChI is InChI=1S/C47H53F3O7S/c1-27-12-13-42(53-8)37(14-27)21-34-24-43(54-9)39(16-30(34)4)22-35-25-44(55-10)40(17-31(35)5)23-36-26-46(56-11)41(19-32(36)6)33(7)18-38-15-28(2)29(3)20-45(38)57-58(51,52)47(48,49)50/h12-17,19-20,24-26,33H,18,21-23H2,1-11H3. The summed E-state index contributed by atoms with van der Waals surface area (Å²) in [5.41, 5.74) is 7.98. The third kappa shape index (κ3) is 9.74. The largest absolute Gasteiger partial charge is 0.534 e. The third-order valence-electron chi connectivity index (χ3n) is 11.0. The zero-order valence-electron chi connectivity index (χ0n) is 35.2. The summed E-state index contributed by atoms with van der Waals surface area (Å²) in [4.78, 5) is 0. The van der Waals surface area contributed by atoms with Gasteiger partial charge in [0.2, 0.25) is 0 Å². The molecule has 0 saturated carbocycles. The zero-order chi connectivity index (χ0) is 42.7. The van der Waals surface area contributed by atoms with Gasteiger partial charge in [-0.2, -0.15) is 21.6 Å². The van der Waals surface area contributed by atoms with E-state index in [-0.39, 0.29) is 18.1 Å². The van der Waals surface area contributed by atoms with Gasteiger partial charge in [0.05, 0.1) is 28.4 Å². The van der Waals surface area contributed by atoms with Crippen LogP contribution in [0.25, 0.3) is 0 Å². The third-order valence-corrected chi connectivity index (χ3v) is 11.9. The molecule has 0 bridgehead atoms. The molecule has 0 aliphatic rings. The first kappa shape index (κ1) is 44.0. The Hall–Kier alpha value is -5.16. The van der Waals surface area contributed by atoms with Gasteiger partial charge in [0.1, 0.15) is 28.7 Å². The van der Waals surface area contributed by atoms with E-state index in [4.69, 9.17) is 18.9 Å². The highest BCUT2D eigenvalue weighted by Crippen LogP contribution is 2.39. The maximum atomic E-state index is 13.3. The summed E-state index contributed by atoms with van der Waals surface area (Å²) in [6, 6.07) is 21.8. The lowest BCUT2D eigenvalue weighted by Gasteiger charge is -2.21. The van der Waals surface area contributed by atoms with Gasteiger partial charge < -0.3 is 23.1 Å². The average Bonchev–Trinajstić information content (AvgIpc) is 3.15. The Kier molecular flexibility index (Phi) is 13.5. The van der Waals surface area contributed by atoms with Crippen molar-refractivity contribution in [3.63, 3.8) is 0 Å². The predicted octanol–water partition coefficient (Wildman–Crippen LogP) is 10.9. The van der Waals surface area contributed by atoms with Gasteiger partial charge in [-0.05, 0) is 157 Å². The van der Waals surface area contributed by atoms with Gasteiger partial charge in [-0.3, -0.25) is 0 Å². The topological polar surface area (TPSA) is 80.3 Å². The molecule has 0 aromatic heterocycles. The minimum absolute atomic E-state index is 0.210. The molecular weight excluding hydrogens is 766 g/mol. The van der Waals surface area contributed by atoms with Crippen LogP contribution in [0.2, 0.25) is 0 Å². The molecule has 11 heteroatoms. The van der Waals surface area contributed by atoms with E-state index < -0.39 is 15.6 Å². The van der Waals surface area contributed by atoms with E-state index in [0.717, 1.165) is 73.7 Å². The van der Waals surface area contributed by atoms with Gasteiger partial charge in [-0.1, -0.05) is 48.9 Å². The Labute approximate surface area is 341 Å². The summed E-state index contributed by atoms with van der Waals surface area (Å²) in [5, 5.41) is 0. The molecule has 0 fully saturated rings. The summed E-state index contributed by atoms with van der Waals surface area (Å²) in [5.74, 6) is 2.44. The van der Waals surface area contributed by atoms with Gasteiger partial charge in [-0.15, -0.1) is 0 Å². The van der Waals surface area contributed by atoms with E-state index in [0.29, 0.717) is 29.7 Å². The fourth-order valence-electron chi connectivity index (χ4n) is 7.47. The normalized spacial score (nSPS) is 12.3. The van der Waals surface area contributed by atoms with Gasteiger partial charge in [-0.25, -0.2) is 0 Å². The van der Waals surface area contributed by atoms with Crippen LogP contribution in [-0.4, -0.2) is 42.4 Å². The fraction of sp³-hybridized carbons (Fsp3) is 0.362. The quantitative estimate of drug-likeness (QED) is 0.0769. The molecule has 5 aromatic carbocycles. The molecule has 1 atom stereocenters. The van der Waals surface area contributed by atoms with E-state index in [1.165, 1.54) is 22.8 Å². The summed E-state index contributed by atoms with van der Waals surface area (Å²) >= 11 is 0. The Bertz CT molecular complexity index is 2420. The highest BCUT2D eigenvalue weighted by Gasteiger charge is 2.49. The zero-order valence-corrected chi connectivity index (χ0v) is 36.0. The van der Waals surface area contributed by atoms with Crippen molar-refractivity contribution in [2.24, 2.45) is 0 Å². The van der Waals surface area contributed by atoms with Crippen molar-refractivity contribution in [1.29, 1.82) is 0 Å². The lowest BCUT2D eigenvalue weighted by molar-refractivity contribution is -0.0500. The number of halogens is 3. The van der Waals surface area contributed by atoms with Crippen LogP contribution < -0.4 is 23.1 Å². The van der Waals surface area contributed by atoms with E-state index >= 15 is 0 Å². The number of alkyl halides is 3. The summed E-state index contributed by atoms with van der Waals surface area (Å²) in [7, 11) is 0.786. The lowest BCUT2D eigenvalue weighted by atomic mass is 9.87. The molecule has 1 unspecified atom stereocenters. The molecule has 0 aliphatic carbocycles. The Morgan fingerprint density at radius 2 is 0.931 bits per heavy atom. The first-order valence-corrected chi connectivity index (χ1v) is 20.4. The second kappa shape index (κ2) is 17.8. The van der Waals surface area contributed by atoms with E-state index in [2.05, 4.69) is 55.3 Å². The summed E-state index contributed by atoms with van der Waals surface area (Å²) in [6.07, 6.45) is 2.14. The number of hydrogen-bond donors (Lipinski definition) is 0. The number of methoxy groups -OCH3 is 4. The van der Waals surface area contributed by atoms with Crippen LogP contribution in [0.15, 0.2) is 66.7 Å². The van der Waals surface area contributed by atoms with E-state index in [1.54, 1.807) is 41.4 Å². The average molecular weight is 819 g/mol. The van der Waals surface area contributed by atoms with Gasteiger partial charge in [0.15, 0.2) is 0 Å². The van der Waals surface area contributed by atoms with E-state index in [9.17, 15) is 21.6 Å². The maximum absolute atomic E-state index is 13.3. The first-order chi connectivity index (χ1) is 27.3. The highest BCUT2D eigenvalue weighted by molar-refractivity contribution is 7.88. The molecule has 5 rings (SSSR count). The molecule has 0 N–H and O–H groups in total. The van der Waals surface area contributed by atoms with Crippen LogP contribution >= 0.6 is 0 Å².